The van der Waals surface area contributed by atoms with Gasteiger partial charge < -0.3 is 20.3 Å². The molecule has 0 saturated carbocycles. The lowest BCUT2D eigenvalue weighted by atomic mass is 10.1. The third-order valence-electron chi connectivity index (χ3n) is 4.39. The van der Waals surface area contributed by atoms with E-state index in [1.807, 2.05) is 0 Å². The fourth-order valence-electron chi connectivity index (χ4n) is 2.88. The molecule has 2 aromatic rings. The van der Waals surface area contributed by atoms with E-state index in [0.29, 0.717) is 59.7 Å². The fraction of sp³-hybridized carbons (Fsp3) is 0.389. The van der Waals surface area contributed by atoms with Gasteiger partial charge >= 0.3 is 0 Å². The number of methoxy groups -OCH3 is 1. The monoisotopic (exact) mass is 393 g/mol. The molecule has 7 nitrogen and oxygen atoms in total. The van der Waals surface area contributed by atoms with Gasteiger partial charge in [-0.05, 0) is 31.0 Å². The summed E-state index contributed by atoms with van der Waals surface area (Å²) in [6.45, 7) is 0.849. The molecular formula is C18H21ClFN5O2. The molecule has 0 unspecified atom stereocenters. The standard InChI is InChI=1S/C18H21ClFN5O2/c1-21-16-13(19)10-22-18(24-16)23-14-4-3-11(9-15(14)27-2)17(26)25-7-5-12(20)6-8-25/h3-4,9-10,12H,5-8H2,1-2H3,(H2,21,22,23,24). The highest BCUT2D eigenvalue weighted by molar-refractivity contribution is 6.32. The van der Waals surface area contributed by atoms with Gasteiger partial charge in [-0.2, -0.15) is 4.98 Å². The maximum atomic E-state index is 13.3. The topological polar surface area (TPSA) is 79.4 Å². The Labute approximate surface area is 161 Å². The Kier molecular flexibility index (Phi) is 5.95. The first-order chi connectivity index (χ1) is 13.0. The summed E-state index contributed by atoms with van der Waals surface area (Å²) in [6, 6.07) is 5.08. The number of likely N-dealkylation sites (tertiary alicyclic amines) is 1. The first-order valence-corrected chi connectivity index (χ1v) is 8.98. The van der Waals surface area contributed by atoms with Gasteiger partial charge in [0.2, 0.25) is 5.95 Å². The highest BCUT2D eigenvalue weighted by Gasteiger charge is 2.24. The molecule has 0 radical (unpaired) electrons. The van der Waals surface area contributed by atoms with Gasteiger partial charge in [0.15, 0.2) is 0 Å². The van der Waals surface area contributed by atoms with Crippen LogP contribution in [-0.4, -0.2) is 54.2 Å². The molecule has 1 aliphatic heterocycles. The van der Waals surface area contributed by atoms with Crippen molar-refractivity contribution in [3.63, 3.8) is 0 Å². The molecule has 1 amide bonds. The SMILES string of the molecule is CNc1nc(Nc2ccc(C(=O)N3CCC(F)CC3)cc2OC)ncc1Cl. The summed E-state index contributed by atoms with van der Waals surface area (Å²) < 4.78 is 18.7. The van der Waals surface area contributed by atoms with E-state index in [0.717, 1.165) is 0 Å². The van der Waals surface area contributed by atoms with Crippen molar-refractivity contribution in [1.82, 2.24) is 14.9 Å². The molecule has 0 bridgehead atoms. The first kappa shape index (κ1) is 19.2. The van der Waals surface area contributed by atoms with Crippen LogP contribution in [0.4, 0.5) is 21.8 Å². The van der Waals surface area contributed by atoms with Crippen LogP contribution in [-0.2, 0) is 0 Å². The number of hydrogen-bond donors (Lipinski definition) is 2. The molecule has 2 heterocycles. The van der Waals surface area contributed by atoms with Gasteiger partial charge in [-0.1, -0.05) is 11.6 Å². The van der Waals surface area contributed by atoms with E-state index in [4.69, 9.17) is 16.3 Å². The zero-order valence-corrected chi connectivity index (χ0v) is 15.9. The lowest BCUT2D eigenvalue weighted by Crippen LogP contribution is -2.39. The minimum atomic E-state index is -0.822. The van der Waals surface area contributed by atoms with Crippen LogP contribution in [0, 0.1) is 0 Å². The Balaban J connectivity index is 1.79. The summed E-state index contributed by atoms with van der Waals surface area (Å²) in [5.74, 6) is 1.18. The molecule has 0 atom stereocenters. The summed E-state index contributed by atoms with van der Waals surface area (Å²) >= 11 is 5.99. The van der Waals surface area contributed by atoms with Crippen molar-refractivity contribution < 1.29 is 13.9 Å². The third kappa shape index (κ3) is 4.39. The van der Waals surface area contributed by atoms with Crippen LogP contribution in [0.3, 0.4) is 0 Å². The summed E-state index contributed by atoms with van der Waals surface area (Å²) in [5, 5.41) is 6.35. The van der Waals surface area contributed by atoms with Crippen LogP contribution in [0.2, 0.25) is 5.02 Å². The second-order valence-electron chi connectivity index (χ2n) is 6.15. The zero-order chi connectivity index (χ0) is 19.4. The number of halogens is 2. The molecule has 1 aromatic carbocycles. The summed E-state index contributed by atoms with van der Waals surface area (Å²) in [6.07, 6.45) is 1.42. The number of nitrogens with zero attached hydrogens (tertiary/aromatic N) is 3. The molecule has 1 saturated heterocycles. The number of aromatic nitrogens is 2. The van der Waals surface area contributed by atoms with E-state index in [1.165, 1.54) is 13.3 Å². The smallest absolute Gasteiger partial charge is 0.253 e. The zero-order valence-electron chi connectivity index (χ0n) is 15.1. The van der Waals surface area contributed by atoms with Crippen LogP contribution in [0.1, 0.15) is 23.2 Å². The van der Waals surface area contributed by atoms with Crippen LogP contribution in [0.5, 0.6) is 5.75 Å². The first-order valence-electron chi connectivity index (χ1n) is 8.60. The van der Waals surface area contributed by atoms with Gasteiger partial charge in [-0.25, -0.2) is 9.37 Å². The number of piperidine rings is 1. The molecule has 2 N–H and O–H groups in total. The average Bonchev–Trinajstić information content (AvgIpc) is 2.69. The van der Waals surface area contributed by atoms with Crippen LogP contribution < -0.4 is 15.4 Å². The van der Waals surface area contributed by atoms with Crippen molar-refractivity contribution in [2.24, 2.45) is 0 Å². The molecule has 1 fully saturated rings. The van der Waals surface area contributed by atoms with Gasteiger partial charge in [0.25, 0.3) is 5.91 Å². The van der Waals surface area contributed by atoms with Gasteiger partial charge in [0.1, 0.15) is 22.8 Å². The predicted octanol–water partition coefficient (Wildman–Crippen LogP) is 3.50. The molecule has 144 valence electrons. The number of carbonyl (C=O) groups excluding carboxylic acids is 1. The normalized spacial score (nSPS) is 14.7. The molecule has 1 aromatic heterocycles. The number of carbonyl (C=O) groups is 1. The molecular weight excluding hydrogens is 373 g/mol. The highest BCUT2D eigenvalue weighted by atomic mass is 35.5. The molecule has 0 aliphatic carbocycles. The maximum absolute atomic E-state index is 13.3. The van der Waals surface area contributed by atoms with Gasteiger partial charge in [0.05, 0.1) is 19.0 Å². The summed E-state index contributed by atoms with van der Waals surface area (Å²) in [5.41, 5.74) is 1.10. The summed E-state index contributed by atoms with van der Waals surface area (Å²) in [4.78, 5) is 22.7. The van der Waals surface area contributed by atoms with Crippen molar-refractivity contribution in [3.8, 4) is 5.75 Å². The molecule has 9 heteroatoms. The Bertz CT molecular complexity index is 827. The molecule has 27 heavy (non-hydrogen) atoms. The number of benzene rings is 1. The van der Waals surface area contributed by atoms with Crippen LogP contribution in [0.25, 0.3) is 0 Å². The quantitative estimate of drug-likeness (QED) is 0.809. The minimum absolute atomic E-state index is 0.132. The summed E-state index contributed by atoms with van der Waals surface area (Å²) in [7, 11) is 3.23. The fourth-order valence-corrected chi connectivity index (χ4v) is 3.07. The van der Waals surface area contributed by atoms with Crippen molar-refractivity contribution in [2.45, 2.75) is 19.0 Å². The number of alkyl halides is 1. The third-order valence-corrected chi connectivity index (χ3v) is 4.66. The van der Waals surface area contributed by atoms with E-state index >= 15 is 0 Å². The number of hydrogen-bond acceptors (Lipinski definition) is 6. The van der Waals surface area contributed by atoms with Crippen LogP contribution in [0.15, 0.2) is 24.4 Å². The van der Waals surface area contributed by atoms with Gasteiger partial charge in [0, 0.05) is 25.7 Å². The Morgan fingerprint density at radius 2 is 2.11 bits per heavy atom. The van der Waals surface area contributed by atoms with Gasteiger partial charge in [-0.15, -0.1) is 0 Å². The Hall–Kier alpha value is -2.61. The lowest BCUT2D eigenvalue weighted by Gasteiger charge is -2.28. The molecule has 1 aliphatic rings. The van der Waals surface area contributed by atoms with Crippen molar-refractivity contribution in [3.05, 3.63) is 35.0 Å². The van der Waals surface area contributed by atoms with Crippen molar-refractivity contribution >= 4 is 35.0 Å². The van der Waals surface area contributed by atoms with E-state index in [9.17, 15) is 9.18 Å². The number of amides is 1. The molecule has 3 rings (SSSR count). The van der Waals surface area contributed by atoms with Crippen molar-refractivity contribution in [1.29, 1.82) is 0 Å². The van der Waals surface area contributed by atoms with E-state index < -0.39 is 6.17 Å². The second-order valence-corrected chi connectivity index (χ2v) is 6.55. The average molecular weight is 394 g/mol. The number of nitrogens with one attached hydrogen (secondary N) is 2. The van der Waals surface area contributed by atoms with Gasteiger partial charge in [-0.3, -0.25) is 4.79 Å². The predicted molar refractivity (Wildman–Crippen MR) is 103 cm³/mol. The van der Waals surface area contributed by atoms with E-state index in [-0.39, 0.29) is 5.91 Å². The number of rotatable bonds is 5. The lowest BCUT2D eigenvalue weighted by molar-refractivity contribution is 0.0666. The van der Waals surface area contributed by atoms with E-state index in [2.05, 4.69) is 20.6 Å². The van der Waals surface area contributed by atoms with Crippen molar-refractivity contribution in [2.75, 3.05) is 37.9 Å². The van der Waals surface area contributed by atoms with E-state index in [1.54, 1.807) is 30.1 Å². The Morgan fingerprint density at radius 1 is 1.37 bits per heavy atom. The maximum Gasteiger partial charge on any atom is 0.253 e. The number of anilines is 3. The molecule has 0 spiro atoms. The largest absolute Gasteiger partial charge is 0.495 e. The Morgan fingerprint density at radius 3 is 2.78 bits per heavy atom. The minimum Gasteiger partial charge on any atom is -0.495 e. The number of ether oxygens (including phenoxy) is 1. The van der Waals surface area contributed by atoms with Crippen LogP contribution >= 0.6 is 11.6 Å². The second kappa shape index (κ2) is 8.39. The highest BCUT2D eigenvalue weighted by Crippen LogP contribution is 2.29.